The molecule has 2 aromatic rings. The Morgan fingerprint density at radius 1 is 0.952 bits per heavy atom. The molecule has 0 aliphatic heterocycles. The summed E-state index contributed by atoms with van der Waals surface area (Å²) in [6.07, 6.45) is -0.337. The molecule has 21 heavy (non-hydrogen) atoms. The summed E-state index contributed by atoms with van der Waals surface area (Å²) in [5.74, 6) is -4.16. The van der Waals surface area contributed by atoms with E-state index in [0.717, 1.165) is 18.2 Å². The molecule has 2 aromatic carbocycles. The number of ketones is 1. The molecule has 0 amide bonds. The Balaban J connectivity index is 2.23. The molecule has 0 saturated heterocycles. The second kappa shape index (κ2) is 5.70. The largest absolute Gasteiger partial charge is 0.505 e. The fourth-order valence-corrected chi connectivity index (χ4v) is 1.78. The van der Waals surface area contributed by atoms with Crippen LogP contribution in [0.25, 0.3) is 0 Å². The van der Waals surface area contributed by atoms with E-state index in [0.29, 0.717) is 0 Å². The van der Waals surface area contributed by atoms with Gasteiger partial charge in [0.05, 0.1) is 5.56 Å². The zero-order valence-corrected chi connectivity index (χ0v) is 10.6. The molecular weight excluding hydrogens is 282 g/mol. The van der Waals surface area contributed by atoms with Gasteiger partial charge >= 0.3 is 5.97 Å². The summed E-state index contributed by atoms with van der Waals surface area (Å²) in [5, 5.41) is 17.8. The van der Waals surface area contributed by atoms with Crippen molar-refractivity contribution in [2.75, 3.05) is 0 Å². The van der Waals surface area contributed by atoms with Crippen molar-refractivity contribution in [1.82, 2.24) is 0 Å². The normalized spacial score (nSPS) is 10.4. The molecule has 0 unspecified atom stereocenters. The Kier molecular flexibility index (Phi) is 3.98. The maximum atomic E-state index is 13.7. The van der Waals surface area contributed by atoms with E-state index in [4.69, 9.17) is 10.2 Å². The number of Topliss-reactive ketones (excluding diaryl/α,β-unsaturated/α-hetero) is 1. The minimum Gasteiger partial charge on any atom is -0.505 e. The summed E-state index contributed by atoms with van der Waals surface area (Å²) in [7, 11) is 0. The van der Waals surface area contributed by atoms with Gasteiger partial charge in [0, 0.05) is 12.0 Å². The number of hydrogen-bond donors (Lipinski definition) is 2. The van der Waals surface area contributed by atoms with Gasteiger partial charge in [-0.2, -0.15) is 0 Å². The van der Waals surface area contributed by atoms with E-state index < -0.39 is 29.1 Å². The lowest BCUT2D eigenvalue weighted by atomic mass is 10.0. The van der Waals surface area contributed by atoms with Gasteiger partial charge in [-0.3, -0.25) is 4.79 Å². The van der Waals surface area contributed by atoms with E-state index in [1.807, 2.05) is 0 Å². The number of carbonyl (C=O) groups is 2. The molecule has 6 heteroatoms. The molecule has 2 N–H and O–H groups in total. The Morgan fingerprint density at radius 2 is 1.57 bits per heavy atom. The molecule has 0 bridgehead atoms. The molecule has 2 rings (SSSR count). The number of halogens is 2. The third-order valence-corrected chi connectivity index (χ3v) is 2.92. The van der Waals surface area contributed by atoms with E-state index in [-0.39, 0.29) is 23.1 Å². The molecule has 0 fully saturated rings. The summed E-state index contributed by atoms with van der Waals surface area (Å²) in [6, 6.07) is 6.33. The second-order valence-corrected chi connectivity index (χ2v) is 4.38. The van der Waals surface area contributed by atoms with Crippen LogP contribution in [-0.2, 0) is 6.42 Å². The quantitative estimate of drug-likeness (QED) is 0.850. The third-order valence-electron chi connectivity index (χ3n) is 2.92. The first-order chi connectivity index (χ1) is 9.88. The molecule has 0 saturated carbocycles. The number of phenols is 1. The van der Waals surface area contributed by atoms with Crippen LogP contribution in [-0.4, -0.2) is 22.0 Å². The van der Waals surface area contributed by atoms with Gasteiger partial charge < -0.3 is 10.2 Å². The van der Waals surface area contributed by atoms with Gasteiger partial charge in [0.1, 0.15) is 5.82 Å². The highest BCUT2D eigenvalue weighted by Gasteiger charge is 2.14. The summed E-state index contributed by atoms with van der Waals surface area (Å²) in [6.45, 7) is 0. The van der Waals surface area contributed by atoms with Gasteiger partial charge in [-0.1, -0.05) is 6.07 Å². The first-order valence-corrected chi connectivity index (χ1v) is 5.92. The second-order valence-electron chi connectivity index (χ2n) is 4.38. The lowest BCUT2D eigenvalue weighted by Crippen LogP contribution is -2.07. The average molecular weight is 292 g/mol. The molecule has 0 aliphatic rings. The first kappa shape index (κ1) is 14.6. The summed E-state index contributed by atoms with van der Waals surface area (Å²) >= 11 is 0. The number of aromatic carboxylic acids is 1. The van der Waals surface area contributed by atoms with E-state index in [1.165, 1.54) is 18.2 Å². The molecule has 0 atom stereocenters. The van der Waals surface area contributed by atoms with Crippen molar-refractivity contribution in [2.45, 2.75) is 6.42 Å². The number of aromatic hydroxyl groups is 1. The number of benzene rings is 2. The SMILES string of the molecule is O=C(O)c1ccc(CC(=O)c2ccc(O)c(F)c2)c(F)c1. The van der Waals surface area contributed by atoms with Gasteiger partial charge in [0.15, 0.2) is 17.3 Å². The minimum atomic E-state index is -1.27. The van der Waals surface area contributed by atoms with Crippen molar-refractivity contribution < 1.29 is 28.6 Å². The number of phenolic OH excluding ortho intramolecular Hbond substituents is 1. The van der Waals surface area contributed by atoms with E-state index in [9.17, 15) is 18.4 Å². The van der Waals surface area contributed by atoms with Crippen molar-refractivity contribution in [1.29, 1.82) is 0 Å². The molecule has 0 aromatic heterocycles. The van der Waals surface area contributed by atoms with Crippen LogP contribution in [0, 0.1) is 11.6 Å². The fraction of sp³-hybridized carbons (Fsp3) is 0.0667. The van der Waals surface area contributed by atoms with Crippen LogP contribution >= 0.6 is 0 Å². The highest BCUT2D eigenvalue weighted by Crippen LogP contribution is 2.19. The van der Waals surface area contributed by atoms with Crippen LogP contribution in [0.3, 0.4) is 0 Å². The van der Waals surface area contributed by atoms with Crippen molar-refractivity contribution >= 4 is 11.8 Å². The number of rotatable bonds is 4. The Morgan fingerprint density at radius 3 is 2.14 bits per heavy atom. The summed E-state index contributed by atoms with van der Waals surface area (Å²) in [4.78, 5) is 22.6. The summed E-state index contributed by atoms with van der Waals surface area (Å²) in [5.41, 5.74) is -0.218. The monoisotopic (exact) mass is 292 g/mol. The Labute approximate surface area is 118 Å². The van der Waals surface area contributed by atoms with Crippen LogP contribution in [0.15, 0.2) is 36.4 Å². The Bertz CT molecular complexity index is 726. The molecule has 0 aliphatic carbocycles. The van der Waals surface area contributed by atoms with Gasteiger partial charge in [0.25, 0.3) is 0 Å². The smallest absolute Gasteiger partial charge is 0.335 e. The molecule has 108 valence electrons. The minimum absolute atomic E-state index is 0.00740. The number of carboxylic acid groups (broad SMARTS) is 1. The van der Waals surface area contributed by atoms with Crippen LogP contribution in [0.4, 0.5) is 8.78 Å². The first-order valence-electron chi connectivity index (χ1n) is 5.92. The number of carboxylic acids is 1. The number of hydrogen-bond acceptors (Lipinski definition) is 3. The van der Waals surface area contributed by atoms with Crippen molar-refractivity contribution in [2.24, 2.45) is 0 Å². The topological polar surface area (TPSA) is 74.6 Å². The summed E-state index contributed by atoms with van der Waals surface area (Å²) < 4.78 is 26.9. The lowest BCUT2D eigenvalue weighted by Gasteiger charge is -2.05. The van der Waals surface area contributed by atoms with Gasteiger partial charge in [-0.25, -0.2) is 13.6 Å². The maximum absolute atomic E-state index is 13.7. The molecule has 0 heterocycles. The lowest BCUT2D eigenvalue weighted by molar-refractivity contribution is 0.0696. The van der Waals surface area contributed by atoms with Crippen LogP contribution in [0.1, 0.15) is 26.3 Å². The van der Waals surface area contributed by atoms with Crippen molar-refractivity contribution in [3.05, 3.63) is 64.7 Å². The Hall–Kier alpha value is -2.76. The highest BCUT2D eigenvalue weighted by atomic mass is 19.1. The molecule has 4 nitrogen and oxygen atoms in total. The standard InChI is InChI=1S/C15H10F2O4/c16-11-6-10(15(20)21)2-1-8(11)7-14(19)9-3-4-13(18)12(17)5-9/h1-6,18H,7H2,(H,20,21). The zero-order chi connectivity index (χ0) is 15.6. The maximum Gasteiger partial charge on any atom is 0.335 e. The van der Waals surface area contributed by atoms with E-state index in [1.54, 1.807) is 0 Å². The predicted octanol–water partition coefficient (Wildman–Crippen LogP) is 2.79. The third kappa shape index (κ3) is 3.22. The van der Waals surface area contributed by atoms with Gasteiger partial charge in [-0.05, 0) is 35.9 Å². The molecule has 0 spiro atoms. The average Bonchev–Trinajstić information content (AvgIpc) is 2.43. The molecule has 0 radical (unpaired) electrons. The molecular formula is C15H10F2O4. The van der Waals surface area contributed by atoms with E-state index >= 15 is 0 Å². The van der Waals surface area contributed by atoms with Crippen LogP contribution < -0.4 is 0 Å². The van der Waals surface area contributed by atoms with Crippen LogP contribution in [0.5, 0.6) is 5.75 Å². The highest BCUT2D eigenvalue weighted by molar-refractivity contribution is 5.97. The fourth-order valence-electron chi connectivity index (χ4n) is 1.78. The van der Waals surface area contributed by atoms with Crippen molar-refractivity contribution in [3.63, 3.8) is 0 Å². The van der Waals surface area contributed by atoms with Crippen LogP contribution in [0.2, 0.25) is 0 Å². The number of carbonyl (C=O) groups excluding carboxylic acids is 1. The van der Waals surface area contributed by atoms with Gasteiger partial charge in [0.2, 0.25) is 0 Å². The van der Waals surface area contributed by atoms with Crippen molar-refractivity contribution in [3.8, 4) is 5.75 Å². The van der Waals surface area contributed by atoms with Gasteiger partial charge in [-0.15, -0.1) is 0 Å². The zero-order valence-electron chi connectivity index (χ0n) is 10.6. The van der Waals surface area contributed by atoms with E-state index in [2.05, 4.69) is 0 Å². The predicted molar refractivity (Wildman–Crippen MR) is 69.5 cm³/mol.